The lowest BCUT2D eigenvalue weighted by molar-refractivity contribution is 0.0612. The van der Waals surface area contributed by atoms with E-state index < -0.39 is 0 Å². The van der Waals surface area contributed by atoms with Crippen molar-refractivity contribution in [2.45, 2.75) is 12.0 Å². The zero-order chi connectivity index (χ0) is 15.4. The smallest absolute Gasteiger partial charge is 0.192 e. The van der Waals surface area contributed by atoms with Gasteiger partial charge in [-0.05, 0) is 23.8 Å². The van der Waals surface area contributed by atoms with Gasteiger partial charge < -0.3 is 19.8 Å². The maximum Gasteiger partial charge on any atom is 0.192 e. The highest BCUT2D eigenvalue weighted by Gasteiger charge is 2.26. The summed E-state index contributed by atoms with van der Waals surface area (Å²) in [5.74, 6) is 0.938. The lowest BCUT2D eigenvalue weighted by Crippen LogP contribution is -2.32. The summed E-state index contributed by atoms with van der Waals surface area (Å²) in [5.41, 5.74) is 1.12. The summed E-state index contributed by atoms with van der Waals surface area (Å²) in [5, 5.41) is 7.81. The molecule has 1 aromatic carbocycles. The molecule has 0 amide bonds. The third kappa shape index (κ3) is 3.76. The van der Waals surface area contributed by atoms with Crippen molar-refractivity contribution in [2.24, 2.45) is 0 Å². The molecular weight excluding hydrogens is 323 g/mol. The molecule has 1 aliphatic heterocycles. The third-order valence-electron chi connectivity index (χ3n) is 3.79. The van der Waals surface area contributed by atoms with E-state index in [9.17, 15) is 0 Å². The van der Waals surface area contributed by atoms with E-state index in [0.29, 0.717) is 23.2 Å². The third-order valence-corrected chi connectivity index (χ3v) is 4.53. The molecule has 4 nitrogen and oxygen atoms in total. The van der Waals surface area contributed by atoms with Gasteiger partial charge in [0.1, 0.15) is 0 Å². The first-order valence-corrected chi connectivity index (χ1v) is 8.04. The first-order chi connectivity index (χ1) is 10.7. The van der Waals surface area contributed by atoms with Crippen LogP contribution in [-0.4, -0.2) is 32.3 Å². The Bertz CT molecular complexity index is 604. The van der Waals surface area contributed by atoms with Crippen LogP contribution in [-0.2, 0) is 4.74 Å². The number of anilines is 1. The normalized spacial score (nSPS) is 22.3. The average molecular weight is 341 g/mol. The van der Waals surface area contributed by atoms with Gasteiger partial charge in [-0.2, -0.15) is 0 Å². The van der Waals surface area contributed by atoms with Gasteiger partial charge in [-0.3, -0.25) is 0 Å². The molecule has 0 aliphatic carbocycles. The van der Waals surface area contributed by atoms with Gasteiger partial charge in [-0.15, -0.1) is 0 Å². The zero-order valence-electron chi connectivity index (χ0n) is 12.0. The van der Waals surface area contributed by atoms with Gasteiger partial charge in [-0.25, -0.2) is 0 Å². The van der Waals surface area contributed by atoms with Crippen LogP contribution in [0.15, 0.2) is 41.0 Å². The van der Waals surface area contributed by atoms with Crippen molar-refractivity contribution >= 4 is 29.1 Å². The molecule has 22 heavy (non-hydrogen) atoms. The molecule has 2 heterocycles. The molecule has 3 rings (SSSR count). The number of benzene rings is 1. The molecule has 0 radical (unpaired) electrons. The summed E-state index contributed by atoms with van der Waals surface area (Å²) in [7, 11) is 0. The Balaban J connectivity index is 1.76. The monoisotopic (exact) mass is 340 g/mol. The van der Waals surface area contributed by atoms with E-state index >= 15 is 0 Å². The number of hydrogen-bond donors (Lipinski definition) is 2. The van der Waals surface area contributed by atoms with E-state index in [2.05, 4.69) is 10.6 Å². The maximum absolute atomic E-state index is 6.16. The van der Waals surface area contributed by atoms with Crippen LogP contribution in [0.2, 0.25) is 10.0 Å². The fourth-order valence-corrected chi connectivity index (χ4v) is 2.95. The van der Waals surface area contributed by atoms with Crippen LogP contribution in [0.1, 0.15) is 11.5 Å². The van der Waals surface area contributed by atoms with Crippen molar-refractivity contribution in [3.63, 3.8) is 0 Å². The molecule has 118 valence electrons. The first kappa shape index (κ1) is 15.7. The number of furan rings is 1. The molecular formula is C16H18Cl2N2O2. The van der Waals surface area contributed by atoms with E-state index in [1.54, 1.807) is 6.26 Å². The Morgan fingerprint density at radius 1 is 1.23 bits per heavy atom. The van der Waals surface area contributed by atoms with Crippen molar-refractivity contribution in [1.29, 1.82) is 0 Å². The highest BCUT2D eigenvalue weighted by molar-refractivity contribution is 6.42. The highest BCUT2D eigenvalue weighted by Crippen LogP contribution is 2.29. The van der Waals surface area contributed by atoms with Crippen molar-refractivity contribution in [3.05, 3.63) is 52.2 Å². The topological polar surface area (TPSA) is 46.4 Å². The Hall–Kier alpha value is -1.20. The molecule has 0 unspecified atom stereocenters. The predicted molar refractivity (Wildman–Crippen MR) is 89.0 cm³/mol. The first-order valence-electron chi connectivity index (χ1n) is 7.28. The van der Waals surface area contributed by atoms with Crippen LogP contribution < -0.4 is 10.6 Å². The van der Waals surface area contributed by atoms with Crippen molar-refractivity contribution in [3.8, 4) is 0 Å². The van der Waals surface area contributed by atoms with Crippen LogP contribution in [0.3, 0.4) is 0 Å². The highest BCUT2D eigenvalue weighted by atomic mass is 35.5. The Morgan fingerprint density at radius 3 is 2.91 bits per heavy atom. The summed E-state index contributed by atoms with van der Waals surface area (Å²) in [4.78, 5) is 0. The number of nitrogens with one attached hydrogen (secondary N) is 2. The van der Waals surface area contributed by atoms with E-state index in [1.165, 1.54) is 0 Å². The van der Waals surface area contributed by atoms with E-state index in [-0.39, 0.29) is 12.0 Å². The molecule has 1 aromatic heterocycles. The zero-order valence-corrected chi connectivity index (χ0v) is 13.5. The molecule has 2 aromatic rings. The summed E-state index contributed by atoms with van der Waals surface area (Å²) in [6.45, 7) is 3.03. The second-order valence-electron chi connectivity index (χ2n) is 5.25. The van der Waals surface area contributed by atoms with Gasteiger partial charge in [0, 0.05) is 31.6 Å². The molecule has 1 aliphatic rings. The second kappa shape index (κ2) is 7.38. The van der Waals surface area contributed by atoms with E-state index in [1.807, 2.05) is 30.3 Å². The fraction of sp³-hybridized carbons (Fsp3) is 0.375. The van der Waals surface area contributed by atoms with Crippen LogP contribution >= 0.6 is 23.2 Å². The predicted octanol–water partition coefficient (Wildman–Crippen LogP) is 3.77. The van der Waals surface area contributed by atoms with Crippen molar-refractivity contribution in [1.82, 2.24) is 5.32 Å². The minimum atomic E-state index is 0.0253. The number of ether oxygens (including phenoxy) is 1. The molecule has 0 spiro atoms. The van der Waals surface area contributed by atoms with Gasteiger partial charge in [0.25, 0.3) is 0 Å². The van der Waals surface area contributed by atoms with Gasteiger partial charge in [-0.1, -0.05) is 29.3 Å². The fourth-order valence-electron chi connectivity index (χ4n) is 2.64. The van der Waals surface area contributed by atoms with Crippen LogP contribution in [0.25, 0.3) is 0 Å². The SMILES string of the molecule is Clc1ccc([C@@H]2CNCCO[C@@H]2CNc2ccco2)cc1Cl. The van der Waals surface area contributed by atoms with Crippen molar-refractivity contribution < 1.29 is 9.15 Å². The number of hydrogen-bond acceptors (Lipinski definition) is 4. The summed E-state index contributed by atoms with van der Waals surface area (Å²) < 4.78 is 11.3. The molecule has 1 saturated heterocycles. The van der Waals surface area contributed by atoms with E-state index in [0.717, 1.165) is 24.5 Å². The summed E-state index contributed by atoms with van der Waals surface area (Å²) in [6.07, 6.45) is 1.67. The largest absolute Gasteiger partial charge is 0.449 e. The maximum atomic E-state index is 6.16. The van der Waals surface area contributed by atoms with Gasteiger partial charge in [0.15, 0.2) is 5.88 Å². The van der Waals surface area contributed by atoms with Crippen LogP contribution in [0.5, 0.6) is 0 Å². The van der Waals surface area contributed by atoms with Gasteiger partial charge in [0.05, 0.1) is 29.0 Å². The Morgan fingerprint density at radius 2 is 2.14 bits per heavy atom. The van der Waals surface area contributed by atoms with Crippen LogP contribution in [0.4, 0.5) is 5.88 Å². The minimum absolute atomic E-state index is 0.0253. The average Bonchev–Trinajstić information content (AvgIpc) is 2.93. The molecule has 2 atom stereocenters. The van der Waals surface area contributed by atoms with Gasteiger partial charge >= 0.3 is 0 Å². The molecule has 6 heteroatoms. The Kier molecular flexibility index (Phi) is 5.26. The summed E-state index contributed by atoms with van der Waals surface area (Å²) >= 11 is 12.2. The van der Waals surface area contributed by atoms with Gasteiger partial charge in [0.2, 0.25) is 0 Å². The lowest BCUT2D eigenvalue weighted by Gasteiger charge is -2.25. The quantitative estimate of drug-likeness (QED) is 0.889. The molecule has 1 fully saturated rings. The minimum Gasteiger partial charge on any atom is -0.449 e. The molecule has 0 saturated carbocycles. The second-order valence-corrected chi connectivity index (χ2v) is 6.07. The number of rotatable bonds is 4. The lowest BCUT2D eigenvalue weighted by atomic mass is 9.93. The molecule has 2 N–H and O–H groups in total. The Labute approximate surface area is 139 Å². The number of halogens is 2. The van der Waals surface area contributed by atoms with Crippen molar-refractivity contribution in [2.75, 3.05) is 31.6 Å². The van der Waals surface area contributed by atoms with Crippen LogP contribution in [0, 0.1) is 0 Å². The summed E-state index contributed by atoms with van der Waals surface area (Å²) in [6, 6.07) is 9.51. The standard InChI is InChI=1S/C16H18Cl2N2O2/c17-13-4-3-11(8-14(13)18)12-9-19-5-7-21-15(12)10-20-16-2-1-6-22-16/h1-4,6,8,12,15,19-20H,5,7,9-10H2/t12-,15+/m0/s1. The molecule has 0 bridgehead atoms. The van der Waals surface area contributed by atoms with E-state index in [4.69, 9.17) is 32.4 Å².